The minimum absolute atomic E-state index is 0.207. The quantitative estimate of drug-likeness (QED) is 0.508. The largest absolute Gasteiger partial charge is 0.464 e. The molecular formula is C10H19NO3. The molecule has 1 atom stereocenters. The van der Waals surface area contributed by atoms with E-state index in [1.54, 1.807) is 0 Å². The molecule has 1 fully saturated rings. The molecule has 14 heavy (non-hydrogen) atoms. The number of hydrogen-bond acceptors (Lipinski definition) is 4. The Hall–Kier alpha value is -0.610. The molecule has 0 aliphatic carbocycles. The van der Waals surface area contributed by atoms with Gasteiger partial charge >= 0.3 is 5.97 Å². The molecule has 82 valence electrons. The van der Waals surface area contributed by atoms with Crippen molar-refractivity contribution in [1.82, 2.24) is 5.32 Å². The van der Waals surface area contributed by atoms with E-state index in [0.29, 0.717) is 25.7 Å². The Morgan fingerprint density at radius 1 is 1.64 bits per heavy atom. The predicted molar refractivity (Wildman–Crippen MR) is 53.1 cm³/mol. The highest BCUT2D eigenvalue weighted by atomic mass is 16.6. The van der Waals surface area contributed by atoms with Crippen LogP contribution in [0.1, 0.15) is 26.7 Å². The van der Waals surface area contributed by atoms with E-state index in [1.807, 2.05) is 0 Å². The Morgan fingerprint density at radius 2 is 2.43 bits per heavy atom. The SMILES string of the molecule is CC(C)NCCCOC1CCOC1=O. The highest BCUT2D eigenvalue weighted by Gasteiger charge is 2.26. The summed E-state index contributed by atoms with van der Waals surface area (Å²) in [4.78, 5) is 11.0. The number of rotatable bonds is 6. The molecule has 1 aliphatic heterocycles. The molecule has 0 saturated carbocycles. The number of cyclic esters (lactones) is 1. The summed E-state index contributed by atoms with van der Waals surface area (Å²) in [6.45, 7) is 6.27. The van der Waals surface area contributed by atoms with Crippen molar-refractivity contribution in [2.24, 2.45) is 0 Å². The molecule has 0 aromatic heterocycles. The number of carbonyl (C=O) groups excluding carboxylic acids is 1. The van der Waals surface area contributed by atoms with Gasteiger partial charge in [0.15, 0.2) is 6.10 Å². The first-order chi connectivity index (χ1) is 6.70. The summed E-state index contributed by atoms with van der Waals surface area (Å²) in [6, 6.07) is 0.506. The monoisotopic (exact) mass is 201 g/mol. The number of carbonyl (C=O) groups is 1. The average Bonchev–Trinajstić information content (AvgIpc) is 2.51. The maximum atomic E-state index is 11.0. The number of esters is 1. The molecule has 0 amide bonds. The Kier molecular flexibility index (Phi) is 4.90. The van der Waals surface area contributed by atoms with E-state index in [1.165, 1.54) is 0 Å². The standard InChI is InChI=1S/C10H19NO3/c1-8(2)11-5-3-6-13-9-4-7-14-10(9)12/h8-9,11H,3-7H2,1-2H3. The number of nitrogens with one attached hydrogen (secondary N) is 1. The molecule has 4 nitrogen and oxygen atoms in total. The van der Waals surface area contributed by atoms with Gasteiger partial charge < -0.3 is 14.8 Å². The highest BCUT2D eigenvalue weighted by molar-refractivity contribution is 5.76. The lowest BCUT2D eigenvalue weighted by atomic mass is 10.3. The lowest BCUT2D eigenvalue weighted by Crippen LogP contribution is -2.26. The molecule has 0 radical (unpaired) electrons. The smallest absolute Gasteiger partial charge is 0.335 e. The van der Waals surface area contributed by atoms with Gasteiger partial charge in [-0.1, -0.05) is 13.8 Å². The lowest BCUT2D eigenvalue weighted by Gasteiger charge is -2.09. The van der Waals surface area contributed by atoms with Gasteiger partial charge in [0.2, 0.25) is 0 Å². The fourth-order valence-corrected chi connectivity index (χ4v) is 1.32. The van der Waals surface area contributed by atoms with Gasteiger partial charge in [-0.2, -0.15) is 0 Å². The highest BCUT2D eigenvalue weighted by Crippen LogP contribution is 2.09. The summed E-state index contributed by atoms with van der Waals surface area (Å²) in [6.07, 6.45) is 1.33. The first kappa shape index (κ1) is 11.5. The molecule has 1 unspecified atom stereocenters. The van der Waals surface area contributed by atoms with Crippen LogP contribution >= 0.6 is 0 Å². The van der Waals surface area contributed by atoms with Crippen molar-refractivity contribution in [3.8, 4) is 0 Å². The summed E-state index contributed by atoms with van der Waals surface area (Å²) in [5.74, 6) is -0.207. The van der Waals surface area contributed by atoms with Crippen LogP contribution in [0.15, 0.2) is 0 Å². The average molecular weight is 201 g/mol. The van der Waals surface area contributed by atoms with Crippen molar-refractivity contribution in [2.45, 2.75) is 38.8 Å². The molecule has 0 bridgehead atoms. The van der Waals surface area contributed by atoms with Crippen molar-refractivity contribution in [2.75, 3.05) is 19.8 Å². The van der Waals surface area contributed by atoms with Gasteiger partial charge in [0.1, 0.15) is 0 Å². The number of ether oxygens (including phenoxy) is 2. The molecule has 0 aromatic rings. The third kappa shape index (κ3) is 4.07. The van der Waals surface area contributed by atoms with E-state index in [9.17, 15) is 4.79 Å². The minimum Gasteiger partial charge on any atom is -0.464 e. The molecule has 1 N–H and O–H groups in total. The second-order valence-corrected chi connectivity index (χ2v) is 3.78. The van der Waals surface area contributed by atoms with Gasteiger partial charge in [-0.25, -0.2) is 4.79 Å². The van der Waals surface area contributed by atoms with Crippen LogP contribution < -0.4 is 5.32 Å². The number of hydrogen-bond donors (Lipinski definition) is 1. The van der Waals surface area contributed by atoms with Crippen molar-refractivity contribution in [3.05, 3.63) is 0 Å². The fourth-order valence-electron chi connectivity index (χ4n) is 1.32. The zero-order chi connectivity index (χ0) is 10.4. The normalized spacial score (nSPS) is 21.6. The predicted octanol–water partition coefficient (Wildman–Crippen LogP) is 0.707. The molecule has 0 spiro atoms. The second kappa shape index (κ2) is 5.98. The van der Waals surface area contributed by atoms with Gasteiger partial charge in [0, 0.05) is 19.1 Å². The van der Waals surface area contributed by atoms with Crippen LogP contribution in [0.25, 0.3) is 0 Å². The first-order valence-electron chi connectivity index (χ1n) is 5.22. The second-order valence-electron chi connectivity index (χ2n) is 3.78. The van der Waals surface area contributed by atoms with E-state index in [2.05, 4.69) is 19.2 Å². The summed E-state index contributed by atoms with van der Waals surface area (Å²) in [7, 11) is 0. The Balaban J connectivity index is 1.96. The van der Waals surface area contributed by atoms with Gasteiger partial charge in [0.05, 0.1) is 6.61 Å². The van der Waals surface area contributed by atoms with E-state index >= 15 is 0 Å². The van der Waals surface area contributed by atoms with E-state index < -0.39 is 0 Å². The minimum atomic E-state index is -0.311. The first-order valence-corrected chi connectivity index (χ1v) is 5.22. The summed E-state index contributed by atoms with van der Waals surface area (Å²) >= 11 is 0. The van der Waals surface area contributed by atoms with E-state index in [0.717, 1.165) is 13.0 Å². The zero-order valence-electron chi connectivity index (χ0n) is 8.91. The molecule has 1 rings (SSSR count). The zero-order valence-corrected chi connectivity index (χ0v) is 8.91. The van der Waals surface area contributed by atoms with Gasteiger partial charge in [-0.05, 0) is 13.0 Å². The summed E-state index contributed by atoms with van der Waals surface area (Å²) in [5.41, 5.74) is 0. The van der Waals surface area contributed by atoms with Crippen molar-refractivity contribution >= 4 is 5.97 Å². The molecule has 4 heteroatoms. The Bertz CT molecular complexity index is 182. The van der Waals surface area contributed by atoms with E-state index in [4.69, 9.17) is 9.47 Å². The van der Waals surface area contributed by atoms with Crippen LogP contribution in [-0.4, -0.2) is 37.9 Å². The maximum Gasteiger partial charge on any atom is 0.335 e. The van der Waals surface area contributed by atoms with Crippen LogP contribution in [0.3, 0.4) is 0 Å². The maximum absolute atomic E-state index is 11.0. The summed E-state index contributed by atoms with van der Waals surface area (Å²) < 4.78 is 10.2. The molecular weight excluding hydrogens is 182 g/mol. The third-order valence-corrected chi connectivity index (χ3v) is 2.08. The third-order valence-electron chi connectivity index (χ3n) is 2.08. The van der Waals surface area contributed by atoms with Gasteiger partial charge in [-0.15, -0.1) is 0 Å². The van der Waals surface area contributed by atoms with Crippen LogP contribution in [0.5, 0.6) is 0 Å². The van der Waals surface area contributed by atoms with Crippen molar-refractivity contribution in [3.63, 3.8) is 0 Å². The fraction of sp³-hybridized carbons (Fsp3) is 0.900. The van der Waals surface area contributed by atoms with Crippen LogP contribution in [0.2, 0.25) is 0 Å². The van der Waals surface area contributed by atoms with Gasteiger partial charge in [0.25, 0.3) is 0 Å². The Morgan fingerprint density at radius 3 is 3.00 bits per heavy atom. The molecule has 1 heterocycles. The Labute approximate surface area is 85.0 Å². The van der Waals surface area contributed by atoms with Crippen LogP contribution in [0, 0.1) is 0 Å². The molecule has 1 aliphatic rings. The van der Waals surface area contributed by atoms with Crippen LogP contribution in [0.4, 0.5) is 0 Å². The van der Waals surface area contributed by atoms with E-state index in [-0.39, 0.29) is 12.1 Å². The van der Waals surface area contributed by atoms with Crippen molar-refractivity contribution in [1.29, 1.82) is 0 Å². The topological polar surface area (TPSA) is 47.6 Å². The van der Waals surface area contributed by atoms with Crippen LogP contribution in [-0.2, 0) is 14.3 Å². The molecule has 1 saturated heterocycles. The van der Waals surface area contributed by atoms with Gasteiger partial charge in [-0.3, -0.25) is 0 Å². The summed E-state index contributed by atoms with van der Waals surface area (Å²) in [5, 5.41) is 3.29. The van der Waals surface area contributed by atoms with Crippen molar-refractivity contribution < 1.29 is 14.3 Å². The molecule has 0 aromatic carbocycles. The lowest BCUT2D eigenvalue weighted by molar-refractivity contribution is -0.147.